The van der Waals surface area contributed by atoms with Gasteiger partial charge < -0.3 is 5.43 Å². The number of fused-ring (bicyclic) bond motifs is 1. The molecule has 3 rings (SSSR count). The molecule has 17 heavy (non-hydrogen) atoms. The van der Waals surface area contributed by atoms with E-state index in [1.54, 1.807) is 0 Å². The number of anilines is 1. The highest BCUT2D eigenvalue weighted by molar-refractivity contribution is 6.35. The first kappa shape index (κ1) is 10.7. The largest absolute Gasteiger partial charge is 0.308 e. The molecule has 4 nitrogen and oxygen atoms in total. The molecule has 3 N–H and O–H groups in total. The third-order valence-corrected chi connectivity index (χ3v) is 3.41. The first-order chi connectivity index (χ1) is 8.20. The van der Waals surface area contributed by atoms with Crippen LogP contribution in [0.2, 0.25) is 5.02 Å². The third kappa shape index (κ3) is 1.73. The molecular weight excluding hydrogens is 236 g/mol. The van der Waals surface area contributed by atoms with Crippen LogP contribution in [-0.4, -0.2) is 9.97 Å². The topological polar surface area (TPSA) is 63.8 Å². The molecule has 0 aliphatic heterocycles. The zero-order chi connectivity index (χ0) is 12.0. The molecule has 1 aromatic heterocycles. The summed E-state index contributed by atoms with van der Waals surface area (Å²) in [5, 5.41) is 1.55. The van der Waals surface area contributed by atoms with Crippen molar-refractivity contribution in [2.24, 2.45) is 5.84 Å². The fourth-order valence-corrected chi connectivity index (χ4v) is 2.21. The highest BCUT2D eigenvalue weighted by Crippen LogP contribution is 2.40. The van der Waals surface area contributed by atoms with E-state index in [0.29, 0.717) is 16.8 Å². The first-order valence-electron chi connectivity index (χ1n) is 5.64. The zero-order valence-corrected chi connectivity index (χ0v) is 10.3. The number of nitrogens with one attached hydrogen (secondary N) is 1. The third-order valence-electron chi connectivity index (χ3n) is 3.11. The molecule has 0 unspecified atom stereocenters. The van der Waals surface area contributed by atoms with Crippen LogP contribution in [0.5, 0.6) is 0 Å². The van der Waals surface area contributed by atoms with Crippen molar-refractivity contribution < 1.29 is 0 Å². The summed E-state index contributed by atoms with van der Waals surface area (Å²) in [6, 6.07) is 3.81. The Kier molecular flexibility index (Phi) is 2.42. The van der Waals surface area contributed by atoms with E-state index in [0.717, 1.165) is 35.1 Å². The number of hydrogen-bond donors (Lipinski definition) is 2. The molecule has 1 saturated carbocycles. The second kappa shape index (κ2) is 3.82. The number of nitrogens with zero attached hydrogens (tertiary/aromatic N) is 2. The maximum Gasteiger partial charge on any atom is 0.151 e. The second-order valence-corrected chi connectivity index (χ2v) is 4.84. The number of hydrazine groups is 1. The Labute approximate surface area is 104 Å². The Hall–Kier alpha value is -1.39. The molecular formula is C12H13ClN4. The second-order valence-electron chi connectivity index (χ2n) is 4.44. The smallest absolute Gasteiger partial charge is 0.151 e. The van der Waals surface area contributed by atoms with Crippen LogP contribution >= 0.6 is 11.6 Å². The number of aryl methyl sites for hydroxylation is 1. The minimum atomic E-state index is 0.475. The average molecular weight is 249 g/mol. The summed E-state index contributed by atoms with van der Waals surface area (Å²) >= 11 is 6.20. The summed E-state index contributed by atoms with van der Waals surface area (Å²) in [6.45, 7) is 2.00. The average Bonchev–Trinajstić information content (AvgIpc) is 3.16. The van der Waals surface area contributed by atoms with Crippen LogP contribution in [0.1, 0.15) is 30.1 Å². The molecule has 0 amide bonds. The number of benzene rings is 1. The van der Waals surface area contributed by atoms with Crippen molar-refractivity contribution in [1.29, 1.82) is 0 Å². The molecule has 0 spiro atoms. The van der Waals surface area contributed by atoms with Crippen molar-refractivity contribution in [2.45, 2.75) is 25.7 Å². The Morgan fingerprint density at radius 2 is 2.12 bits per heavy atom. The monoisotopic (exact) mass is 248 g/mol. The number of halogens is 1. The molecule has 88 valence electrons. The maximum atomic E-state index is 6.20. The molecule has 1 aromatic carbocycles. The Bertz CT molecular complexity index is 593. The van der Waals surface area contributed by atoms with Gasteiger partial charge in [0.2, 0.25) is 0 Å². The molecule has 5 heteroatoms. The lowest BCUT2D eigenvalue weighted by molar-refractivity contribution is 0.945. The fraction of sp³-hybridized carbons (Fsp3) is 0.333. The van der Waals surface area contributed by atoms with Gasteiger partial charge in [0.15, 0.2) is 5.82 Å². The molecule has 2 aromatic rings. The van der Waals surface area contributed by atoms with Gasteiger partial charge in [-0.25, -0.2) is 15.8 Å². The van der Waals surface area contributed by atoms with Crippen molar-refractivity contribution in [1.82, 2.24) is 9.97 Å². The Morgan fingerprint density at radius 3 is 2.76 bits per heavy atom. The van der Waals surface area contributed by atoms with E-state index in [1.165, 1.54) is 0 Å². The number of rotatable bonds is 2. The van der Waals surface area contributed by atoms with Crippen LogP contribution in [0, 0.1) is 6.92 Å². The molecule has 0 saturated heterocycles. The Morgan fingerprint density at radius 1 is 1.35 bits per heavy atom. The van der Waals surface area contributed by atoms with E-state index in [4.69, 9.17) is 17.4 Å². The van der Waals surface area contributed by atoms with Crippen molar-refractivity contribution in [3.05, 3.63) is 28.5 Å². The van der Waals surface area contributed by atoms with Gasteiger partial charge in [-0.2, -0.15) is 0 Å². The maximum absolute atomic E-state index is 6.20. The van der Waals surface area contributed by atoms with Crippen LogP contribution in [0.15, 0.2) is 12.1 Å². The van der Waals surface area contributed by atoms with E-state index in [-0.39, 0.29) is 0 Å². The minimum Gasteiger partial charge on any atom is -0.308 e. The molecule has 0 bridgehead atoms. The predicted molar refractivity (Wildman–Crippen MR) is 69.1 cm³/mol. The molecule has 1 aliphatic rings. The minimum absolute atomic E-state index is 0.475. The standard InChI is InChI=1S/C12H13ClN4/c1-6-2-5-8(13)10-9(6)12(17-14)16-11(15-10)7-3-4-7/h2,5,7H,3-4,14H2,1H3,(H,15,16,17). The van der Waals surface area contributed by atoms with Crippen LogP contribution < -0.4 is 11.3 Å². The van der Waals surface area contributed by atoms with Crippen LogP contribution in [-0.2, 0) is 0 Å². The van der Waals surface area contributed by atoms with E-state index in [2.05, 4.69) is 15.4 Å². The summed E-state index contributed by atoms with van der Waals surface area (Å²) in [5.74, 6) is 7.53. The lowest BCUT2D eigenvalue weighted by atomic mass is 10.1. The summed E-state index contributed by atoms with van der Waals surface area (Å²) in [4.78, 5) is 9.05. The summed E-state index contributed by atoms with van der Waals surface area (Å²) in [7, 11) is 0. The van der Waals surface area contributed by atoms with E-state index in [1.807, 2.05) is 19.1 Å². The van der Waals surface area contributed by atoms with E-state index < -0.39 is 0 Å². The normalized spacial score (nSPS) is 15.2. The van der Waals surface area contributed by atoms with Crippen molar-refractivity contribution >= 4 is 28.3 Å². The van der Waals surface area contributed by atoms with Crippen LogP contribution in [0.3, 0.4) is 0 Å². The molecule has 0 radical (unpaired) electrons. The summed E-state index contributed by atoms with van der Waals surface area (Å²) in [6.07, 6.45) is 2.30. The molecule has 1 fully saturated rings. The van der Waals surface area contributed by atoms with Crippen LogP contribution in [0.4, 0.5) is 5.82 Å². The first-order valence-corrected chi connectivity index (χ1v) is 6.02. The number of aromatic nitrogens is 2. The number of nitrogen functional groups attached to an aromatic ring is 1. The Balaban J connectivity index is 2.35. The number of hydrogen-bond acceptors (Lipinski definition) is 4. The van der Waals surface area contributed by atoms with E-state index in [9.17, 15) is 0 Å². The summed E-state index contributed by atoms with van der Waals surface area (Å²) < 4.78 is 0. The van der Waals surface area contributed by atoms with Crippen molar-refractivity contribution in [3.63, 3.8) is 0 Å². The lowest BCUT2D eigenvalue weighted by Crippen LogP contribution is -2.11. The highest BCUT2D eigenvalue weighted by atomic mass is 35.5. The van der Waals surface area contributed by atoms with Crippen molar-refractivity contribution in [3.8, 4) is 0 Å². The van der Waals surface area contributed by atoms with Gasteiger partial charge in [0.25, 0.3) is 0 Å². The van der Waals surface area contributed by atoms with Crippen molar-refractivity contribution in [2.75, 3.05) is 5.43 Å². The lowest BCUT2D eigenvalue weighted by Gasteiger charge is -2.10. The van der Waals surface area contributed by atoms with Gasteiger partial charge in [0.1, 0.15) is 5.82 Å². The predicted octanol–water partition coefficient (Wildman–Crippen LogP) is 2.75. The van der Waals surface area contributed by atoms with Gasteiger partial charge in [-0.1, -0.05) is 17.7 Å². The SMILES string of the molecule is Cc1ccc(Cl)c2nc(C3CC3)nc(NN)c12. The van der Waals surface area contributed by atoms with Gasteiger partial charge in [-0.05, 0) is 31.4 Å². The van der Waals surface area contributed by atoms with Gasteiger partial charge in [0, 0.05) is 11.3 Å². The molecule has 1 heterocycles. The molecule has 1 aliphatic carbocycles. The molecule has 0 atom stereocenters. The van der Waals surface area contributed by atoms with E-state index >= 15 is 0 Å². The van der Waals surface area contributed by atoms with Gasteiger partial charge in [-0.3, -0.25) is 0 Å². The quantitative estimate of drug-likeness (QED) is 0.634. The fourth-order valence-electron chi connectivity index (χ4n) is 2.01. The van der Waals surface area contributed by atoms with Gasteiger partial charge in [-0.15, -0.1) is 0 Å². The number of nitrogens with two attached hydrogens (primary N) is 1. The summed E-state index contributed by atoms with van der Waals surface area (Å²) in [5.41, 5.74) is 4.51. The van der Waals surface area contributed by atoms with Gasteiger partial charge >= 0.3 is 0 Å². The highest BCUT2D eigenvalue weighted by Gasteiger charge is 2.28. The zero-order valence-electron chi connectivity index (χ0n) is 9.50. The van der Waals surface area contributed by atoms with Crippen LogP contribution in [0.25, 0.3) is 10.9 Å². The van der Waals surface area contributed by atoms with Gasteiger partial charge in [0.05, 0.1) is 10.5 Å².